The van der Waals surface area contributed by atoms with Crippen molar-refractivity contribution in [3.05, 3.63) is 88.4 Å². The van der Waals surface area contributed by atoms with E-state index in [1.807, 2.05) is 18.2 Å². The first-order chi connectivity index (χ1) is 17.7. The number of likely N-dealkylation sites (tertiary alicyclic amines) is 1. The predicted molar refractivity (Wildman–Crippen MR) is 130 cm³/mol. The molecule has 3 aromatic heterocycles. The first-order valence-corrected chi connectivity index (χ1v) is 11.6. The molecule has 12 heteroatoms. The Bertz CT molecular complexity index is 1500. The number of aryl methyl sites for hydroxylation is 1. The van der Waals surface area contributed by atoms with Crippen LogP contribution >= 0.6 is 0 Å². The van der Waals surface area contributed by atoms with Gasteiger partial charge in [0, 0.05) is 62.2 Å². The van der Waals surface area contributed by atoms with Gasteiger partial charge >= 0.3 is 6.09 Å². The highest BCUT2D eigenvalue weighted by Gasteiger charge is 2.46. The van der Waals surface area contributed by atoms with Crippen LogP contribution in [-0.2, 0) is 19.1 Å². The fourth-order valence-corrected chi connectivity index (χ4v) is 4.36. The van der Waals surface area contributed by atoms with Gasteiger partial charge in [0.2, 0.25) is 5.43 Å². The number of hydrogen-bond acceptors (Lipinski definition) is 7. The van der Waals surface area contributed by atoms with E-state index in [2.05, 4.69) is 20.2 Å². The zero-order valence-corrected chi connectivity index (χ0v) is 19.9. The molecule has 2 N–H and O–H groups in total. The summed E-state index contributed by atoms with van der Waals surface area (Å²) in [5, 5.41) is 28.0. The van der Waals surface area contributed by atoms with Gasteiger partial charge in [0.1, 0.15) is 17.5 Å². The van der Waals surface area contributed by atoms with Crippen molar-refractivity contribution in [3.63, 3.8) is 0 Å². The third kappa shape index (κ3) is 4.83. The molecule has 37 heavy (non-hydrogen) atoms. The first-order valence-electron chi connectivity index (χ1n) is 11.6. The SMILES string of the molecule is Cn1cc(-n2ccc(=O)c(Cc3cccc(-c4ncc(C5(F)CCN(C(=O)O)CC5O)cn4)c3)n2)cn1. The Labute approximate surface area is 210 Å². The van der Waals surface area contributed by atoms with Crippen LogP contribution in [-0.4, -0.2) is 69.9 Å². The maximum absolute atomic E-state index is 15.6. The van der Waals surface area contributed by atoms with E-state index in [9.17, 15) is 14.7 Å². The number of aliphatic hydroxyl groups excluding tert-OH is 1. The Morgan fingerprint density at radius 2 is 2.00 bits per heavy atom. The number of piperidine rings is 1. The first kappa shape index (κ1) is 24.3. The molecule has 5 rings (SSSR count). The number of alkyl halides is 1. The molecule has 1 aliphatic rings. The molecule has 1 aromatic carbocycles. The highest BCUT2D eigenvalue weighted by molar-refractivity contribution is 5.65. The fraction of sp³-hybridized carbons (Fsp3) is 0.280. The molecule has 1 aliphatic heterocycles. The highest BCUT2D eigenvalue weighted by atomic mass is 19.1. The van der Waals surface area contributed by atoms with Crippen LogP contribution in [0.3, 0.4) is 0 Å². The van der Waals surface area contributed by atoms with Gasteiger partial charge in [-0.25, -0.2) is 23.8 Å². The largest absolute Gasteiger partial charge is 0.465 e. The number of amides is 1. The summed E-state index contributed by atoms with van der Waals surface area (Å²) in [4.78, 5) is 33.2. The Morgan fingerprint density at radius 3 is 2.68 bits per heavy atom. The molecule has 4 heterocycles. The number of aromatic nitrogens is 6. The van der Waals surface area contributed by atoms with Crippen molar-refractivity contribution in [1.29, 1.82) is 0 Å². The number of aliphatic hydroxyl groups is 1. The minimum absolute atomic E-state index is 0.0390. The Morgan fingerprint density at radius 1 is 1.22 bits per heavy atom. The van der Waals surface area contributed by atoms with E-state index in [0.29, 0.717) is 17.1 Å². The number of nitrogens with zero attached hydrogens (tertiary/aromatic N) is 7. The lowest BCUT2D eigenvalue weighted by Crippen LogP contribution is -2.52. The average molecular weight is 506 g/mol. The molecule has 190 valence electrons. The summed E-state index contributed by atoms with van der Waals surface area (Å²) >= 11 is 0. The predicted octanol–water partition coefficient (Wildman–Crippen LogP) is 1.92. The van der Waals surface area contributed by atoms with Crippen molar-refractivity contribution in [3.8, 4) is 17.1 Å². The molecule has 2 atom stereocenters. The molecule has 2 unspecified atom stereocenters. The summed E-state index contributed by atoms with van der Waals surface area (Å²) in [6, 6.07) is 8.78. The molecule has 0 aliphatic carbocycles. The lowest BCUT2D eigenvalue weighted by Gasteiger charge is -2.39. The summed E-state index contributed by atoms with van der Waals surface area (Å²) in [7, 11) is 1.80. The number of hydrogen-bond donors (Lipinski definition) is 2. The van der Waals surface area contributed by atoms with E-state index in [1.54, 1.807) is 41.1 Å². The molecule has 1 saturated heterocycles. The van der Waals surface area contributed by atoms with Crippen molar-refractivity contribution in [1.82, 2.24) is 34.4 Å². The Kier molecular flexibility index (Phi) is 6.25. The molecule has 0 bridgehead atoms. The summed E-state index contributed by atoms with van der Waals surface area (Å²) in [5.41, 5.74) is 0.343. The topological polar surface area (TPSA) is 139 Å². The van der Waals surface area contributed by atoms with E-state index in [1.165, 1.54) is 18.5 Å². The summed E-state index contributed by atoms with van der Waals surface area (Å²) in [5.74, 6) is 0.348. The number of β-amino-alcohol motifs (C(OH)–C–C–N with tert-alkyl or cyclic N) is 1. The minimum Gasteiger partial charge on any atom is -0.465 e. The van der Waals surface area contributed by atoms with Crippen LogP contribution in [0.5, 0.6) is 0 Å². The van der Waals surface area contributed by atoms with Crippen LogP contribution in [0.1, 0.15) is 23.2 Å². The Hall–Kier alpha value is -4.45. The van der Waals surface area contributed by atoms with E-state index >= 15 is 4.39 Å². The van der Waals surface area contributed by atoms with E-state index in [-0.39, 0.29) is 36.9 Å². The van der Waals surface area contributed by atoms with Gasteiger partial charge in [-0.1, -0.05) is 18.2 Å². The summed E-state index contributed by atoms with van der Waals surface area (Å²) < 4.78 is 18.8. The highest BCUT2D eigenvalue weighted by Crippen LogP contribution is 2.37. The van der Waals surface area contributed by atoms with Gasteiger partial charge in [-0.3, -0.25) is 9.48 Å². The van der Waals surface area contributed by atoms with Gasteiger partial charge in [0.05, 0.1) is 18.9 Å². The molecule has 4 aromatic rings. The van der Waals surface area contributed by atoms with Crippen molar-refractivity contribution < 1.29 is 19.4 Å². The van der Waals surface area contributed by atoms with Crippen molar-refractivity contribution in [2.75, 3.05) is 13.1 Å². The number of rotatable bonds is 5. The maximum atomic E-state index is 15.6. The van der Waals surface area contributed by atoms with Crippen LogP contribution in [0.25, 0.3) is 17.1 Å². The summed E-state index contributed by atoms with van der Waals surface area (Å²) in [6.07, 6.45) is 5.04. The van der Waals surface area contributed by atoms with Gasteiger partial charge in [-0.15, -0.1) is 0 Å². The smallest absolute Gasteiger partial charge is 0.407 e. The van der Waals surface area contributed by atoms with Crippen LogP contribution < -0.4 is 5.43 Å². The zero-order valence-electron chi connectivity index (χ0n) is 19.9. The molecule has 0 spiro atoms. The maximum Gasteiger partial charge on any atom is 0.407 e. The Balaban J connectivity index is 1.36. The van der Waals surface area contributed by atoms with Gasteiger partial charge in [0.15, 0.2) is 11.5 Å². The number of halogens is 1. The number of benzene rings is 1. The average Bonchev–Trinajstić information content (AvgIpc) is 3.33. The fourth-order valence-electron chi connectivity index (χ4n) is 4.36. The zero-order chi connectivity index (χ0) is 26.2. The number of carbonyl (C=O) groups is 1. The van der Waals surface area contributed by atoms with Gasteiger partial charge in [-0.05, 0) is 11.6 Å². The third-order valence-electron chi connectivity index (χ3n) is 6.46. The van der Waals surface area contributed by atoms with E-state index in [4.69, 9.17) is 5.11 Å². The van der Waals surface area contributed by atoms with E-state index in [0.717, 1.165) is 16.2 Å². The second kappa shape index (κ2) is 9.54. The normalized spacial score (nSPS) is 19.6. The van der Waals surface area contributed by atoms with Gasteiger partial charge in [-0.2, -0.15) is 10.2 Å². The van der Waals surface area contributed by atoms with E-state index < -0.39 is 17.9 Å². The van der Waals surface area contributed by atoms with Crippen molar-refractivity contribution in [2.45, 2.75) is 24.6 Å². The number of carboxylic acid groups (broad SMARTS) is 1. The lowest BCUT2D eigenvalue weighted by atomic mass is 9.85. The summed E-state index contributed by atoms with van der Waals surface area (Å²) in [6.45, 7) is -0.367. The van der Waals surface area contributed by atoms with Gasteiger partial charge < -0.3 is 15.1 Å². The monoisotopic (exact) mass is 505 g/mol. The molecular weight excluding hydrogens is 481 g/mol. The van der Waals surface area contributed by atoms with Gasteiger partial charge in [0.25, 0.3) is 0 Å². The lowest BCUT2D eigenvalue weighted by molar-refractivity contribution is -0.0658. The van der Waals surface area contributed by atoms with Crippen molar-refractivity contribution in [2.24, 2.45) is 7.05 Å². The van der Waals surface area contributed by atoms with Crippen LogP contribution in [0.4, 0.5) is 9.18 Å². The van der Waals surface area contributed by atoms with Crippen LogP contribution in [0, 0.1) is 0 Å². The van der Waals surface area contributed by atoms with Crippen LogP contribution in [0.2, 0.25) is 0 Å². The van der Waals surface area contributed by atoms with Crippen LogP contribution in [0.15, 0.2) is 66.1 Å². The molecule has 1 fully saturated rings. The minimum atomic E-state index is -2.14. The third-order valence-corrected chi connectivity index (χ3v) is 6.46. The molecule has 1 amide bonds. The van der Waals surface area contributed by atoms with Crippen molar-refractivity contribution >= 4 is 6.09 Å². The second-order valence-corrected chi connectivity index (χ2v) is 8.97. The standard InChI is InChI=1S/C25H24FN7O4/c1-31-14-19(13-29-31)33-7-5-21(34)20(30-33)10-16-3-2-4-17(9-16)23-27-11-18(12-28-23)25(26)6-8-32(24(36)37)15-22(25)35/h2-5,7,9,11-14,22,35H,6,8,10,15H2,1H3,(H,36,37). The second-order valence-electron chi connectivity index (χ2n) is 8.97. The molecule has 11 nitrogen and oxygen atoms in total. The quantitative estimate of drug-likeness (QED) is 0.419. The molecule has 0 saturated carbocycles. The molecular formula is C25H24FN7O4. The molecule has 0 radical (unpaired) electrons.